The minimum absolute atomic E-state index is 0.00211. The molecule has 3 N–H and O–H groups in total. The Labute approximate surface area is 122 Å². The van der Waals surface area contributed by atoms with E-state index in [1.54, 1.807) is 6.92 Å². The summed E-state index contributed by atoms with van der Waals surface area (Å²) in [6.45, 7) is 6.10. The highest BCUT2D eigenvalue weighted by Crippen LogP contribution is 2.27. The Hall–Kier alpha value is -0.840. The molecule has 0 saturated carbocycles. The number of rotatable bonds is 5. The fourth-order valence-corrected chi connectivity index (χ4v) is 2.40. The zero-order chi connectivity index (χ0) is 14.6. The lowest BCUT2D eigenvalue weighted by Crippen LogP contribution is -2.92. The molecule has 3 nitrogen and oxygen atoms in total. The number of likely N-dealkylation sites (N-methyl/N-ethyl adjacent to an activating group) is 1. The van der Waals surface area contributed by atoms with Crippen LogP contribution in [0, 0.1) is 5.82 Å². The lowest BCUT2D eigenvalue weighted by atomic mass is 10.1. The lowest BCUT2D eigenvalue weighted by molar-refractivity contribution is -0.710. The second-order valence-corrected chi connectivity index (χ2v) is 5.27. The quantitative estimate of drug-likeness (QED) is 0.806. The van der Waals surface area contributed by atoms with E-state index in [1.165, 1.54) is 12.1 Å². The van der Waals surface area contributed by atoms with Crippen molar-refractivity contribution in [2.24, 2.45) is 0 Å². The summed E-state index contributed by atoms with van der Waals surface area (Å²) in [5.41, 5.74) is 0.625. The Bertz CT molecular complexity index is 468. The zero-order valence-corrected chi connectivity index (χ0v) is 12.6. The Balaban J connectivity index is 2.81. The Morgan fingerprint density at radius 3 is 2.58 bits per heavy atom. The molecule has 0 heterocycles. The predicted molar refractivity (Wildman–Crippen MR) is 74.9 cm³/mol. The van der Waals surface area contributed by atoms with Crippen LogP contribution < -0.4 is 10.6 Å². The van der Waals surface area contributed by atoms with E-state index in [0.717, 1.165) is 0 Å². The molecule has 0 radical (unpaired) electrons. The van der Waals surface area contributed by atoms with Crippen molar-refractivity contribution in [3.8, 4) is 0 Å². The number of hydrogen-bond donors (Lipinski definition) is 2. The maximum Gasteiger partial charge on any atom is 0.277 e. The third-order valence-electron chi connectivity index (χ3n) is 2.87. The smallest absolute Gasteiger partial charge is 0.277 e. The van der Waals surface area contributed by atoms with Crippen LogP contribution in [0.4, 0.5) is 4.39 Å². The van der Waals surface area contributed by atoms with Crippen LogP contribution >= 0.6 is 23.2 Å². The van der Waals surface area contributed by atoms with E-state index in [-0.39, 0.29) is 23.0 Å². The molecule has 0 spiro atoms. The number of carbonyl (C=O) groups excluding carboxylic acids is 1. The molecule has 0 aliphatic carbocycles. The van der Waals surface area contributed by atoms with E-state index in [9.17, 15) is 9.18 Å². The third-order valence-corrected chi connectivity index (χ3v) is 3.49. The number of hydrogen-bond acceptors (Lipinski definition) is 1. The second-order valence-electron chi connectivity index (χ2n) is 4.45. The fraction of sp³-hybridized carbons (Fsp3) is 0.462. The van der Waals surface area contributed by atoms with E-state index in [4.69, 9.17) is 23.2 Å². The van der Waals surface area contributed by atoms with Crippen LogP contribution in [0.25, 0.3) is 0 Å². The first-order chi connectivity index (χ1) is 8.86. The molecule has 0 aliphatic rings. The van der Waals surface area contributed by atoms with Gasteiger partial charge in [0, 0.05) is 12.1 Å². The molecule has 0 unspecified atom stereocenters. The first-order valence-corrected chi connectivity index (χ1v) is 6.89. The monoisotopic (exact) mass is 307 g/mol. The molecule has 19 heavy (non-hydrogen) atoms. The van der Waals surface area contributed by atoms with Gasteiger partial charge in [0.25, 0.3) is 5.91 Å². The maximum atomic E-state index is 13.5. The van der Waals surface area contributed by atoms with Crippen LogP contribution in [0.15, 0.2) is 12.1 Å². The number of nitrogens with two attached hydrogens (primary N) is 1. The SMILES string of the molecule is CCNC(=O)[C@@H](C)[NH2+][C@H](C)c1cc(F)c(Cl)cc1Cl. The maximum absolute atomic E-state index is 13.5. The summed E-state index contributed by atoms with van der Waals surface area (Å²) < 4.78 is 13.5. The van der Waals surface area contributed by atoms with Gasteiger partial charge in [0.2, 0.25) is 0 Å². The van der Waals surface area contributed by atoms with Crippen LogP contribution in [0.1, 0.15) is 32.4 Å². The van der Waals surface area contributed by atoms with Gasteiger partial charge in [-0.3, -0.25) is 4.79 Å². The zero-order valence-electron chi connectivity index (χ0n) is 11.1. The van der Waals surface area contributed by atoms with Gasteiger partial charge in [-0.15, -0.1) is 0 Å². The molecule has 1 amide bonds. The molecule has 106 valence electrons. The second kappa shape index (κ2) is 7.08. The molecule has 1 rings (SSSR count). The molecular formula is C13H18Cl2FN2O+. The summed E-state index contributed by atoms with van der Waals surface area (Å²) >= 11 is 11.7. The van der Waals surface area contributed by atoms with Gasteiger partial charge in [-0.1, -0.05) is 23.2 Å². The number of quaternary nitrogens is 1. The fourth-order valence-electron chi connectivity index (χ4n) is 1.85. The van der Waals surface area contributed by atoms with Gasteiger partial charge in [-0.2, -0.15) is 0 Å². The number of amides is 1. The minimum atomic E-state index is -0.507. The van der Waals surface area contributed by atoms with E-state index in [0.29, 0.717) is 17.1 Å². The summed E-state index contributed by atoms with van der Waals surface area (Å²) in [6, 6.07) is 2.28. The van der Waals surface area contributed by atoms with Crippen molar-refractivity contribution in [2.75, 3.05) is 6.54 Å². The Morgan fingerprint density at radius 2 is 2.00 bits per heavy atom. The summed E-state index contributed by atoms with van der Waals surface area (Å²) in [7, 11) is 0. The van der Waals surface area contributed by atoms with Gasteiger partial charge >= 0.3 is 0 Å². The van der Waals surface area contributed by atoms with Crippen LogP contribution in [-0.2, 0) is 4.79 Å². The predicted octanol–water partition coefficient (Wildman–Crippen LogP) is 2.28. The third kappa shape index (κ3) is 4.34. The lowest BCUT2D eigenvalue weighted by Gasteiger charge is -2.17. The van der Waals surface area contributed by atoms with Gasteiger partial charge in [0.1, 0.15) is 11.9 Å². The van der Waals surface area contributed by atoms with E-state index >= 15 is 0 Å². The molecule has 0 aliphatic heterocycles. The molecule has 1 aromatic rings. The summed E-state index contributed by atoms with van der Waals surface area (Å²) in [6.07, 6.45) is 0. The molecule has 0 fully saturated rings. The summed E-state index contributed by atoms with van der Waals surface area (Å²) in [4.78, 5) is 11.6. The number of halogens is 3. The summed E-state index contributed by atoms with van der Waals surface area (Å²) in [5.74, 6) is -0.563. The van der Waals surface area contributed by atoms with Crippen LogP contribution in [0.5, 0.6) is 0 Å². The number of carbonyl (C=O) groups is 1. The van der Waals surface area contributed by atoms with Gasteiger partial charge in [-0.05, 0) is 32.9 Å². The first-order valence-electron chi connectivity index (χ1n) is 6.14. The molecule has 0 aromatic heterocycles. The van der Waals surface area contributed by atoms with Crippen molar-refractivity contribution in [1.82, 2.24) is 5.32 Å². The van der Waals surface area contributed by atoms with Gasteiger partial charge in [-0.25, -0.2) is 4.39 Å². The normalized spacial score (nSPS) is 14.0. The molecule has 2 atom stereocenters. The summed E-state index contributed by atoms with van der Waals surface area (Å²) in [5, 5.41) is 4.97. The highest BCUT2D eigenvalue weighted by atomic mass is 35.5. The van der Waals surface area contributed by atoms with Crippen LogP contribution in [0.3, 0.4) is 0 Å². The van der Waals surface area contributed by atoms with Crippen LogP contribution in [-0.4, -0.2) is 18.5 Å². The van der Waals surface area contributed by atoms with Crippen molar-refractivity contribution in [2.45, 2.75) is 32.9 Å². The molecule has 0 bridgehead atoms. The molecular weight excluding hydrogens is 290 g/mol. The van der Waals surface area contributed by atoms with Crippen molar-refractivity contribution < 1.29 is 14.5 Å². The van der Waals surface area contributed by atoms with E-state index in [1.807, 2.05) is 19.2 Å². The van der Waals surface area contributed by atoms with Gasteiger partial charge < -0.3 is 10.6 Å². The minimum Gasteiger partial charge on any atom is -0.351 e. The standard InChI is InChI=1S/C13H17Cl2FN2O/c1-4-17-13(19)8(3)18-7(2)9-5-12(16)11(15)6-10(9)14/h5-8,18H,4H2,1-3H3,(H,17,19)/p+1/t7-,8-/m1/s1. The average Bonchev–Trinajstić information content (AvgIpc) is 2.33. The van der Waals surface area contributed by atoms with Crippen molar-refractivity contribution in [3.63, 3.8) is 0 Å². The number of nitrogens with one attached hydrogen (secondary N) is 1. The largest absolute Gasteiger partial charge is 0.351 e. The Kier molecular flexibility index (Phi) is 6.04. The number of benzene rings is 1. The topological polar surface area (TPSA) is 45.7 Å². The van der Waals surface area contributed by atoms with Crippen LogP contribution in [0.2, 0.25) is 10.0 Å². The highest BCUT2D eigenvalue weighted by Gasteiger charge is 2.22. The van der Waals surface area contributed by atoms with E-state index < -0.39 is 5.82 Å². The van der Waals surface area contributed by atoms with Gasteiger partial charge in [0.05, 0.1) is 10.0 Å². The average molecular weight is 308 g/mol. The van der Waals surface area contributed by atoms with Crippen molar-refractivity contribution in [1.29, 1.82) is 0 Å². The first kappa shape index (κ1) is 16.2. The van der Waals surface area contributed by atoms with Crippen molar-refractivity contribution in [3.05, 3.63) is 33.6 Å². The van der Waals surface area contributed by atoms with E-state index in [2.05, 4.69) is 5.32 Å². The molecule has 1 aromatic carbocycles. The Morgan fingerprint density at radius 1 is 1.37 bits per heavy atom. The van der Waals surface area contributed by atoms with Gasteiger partial charge in [0.15, 0.2) is 6.04 Å². The molecule has 6 heteroatoms. The molecule has 0 saturated heterocycles. The highest BCUT2D eigenvalue weighted by molar-refractivity contribution is 6.35. The van der Waals surface area contributed by atoms with Crippen molar-refractivity contribution >= 4 is 29.1 Å².